The quantitative estimate of drug-likeness (QED) is 0.761. The number of halogens is 1. The molecule has 1 aromatic rings. The summed E-state index contributed by atoms with van der Waals surface area (Å²) >= 11 is 6.29. The van der Waals surface area contributed by atoms with Crippen molar-refractivity contribution in [3.63, 3.8) is 0 Å². The van der Waals surface area contributed by atoms with Gasteiger partial charge in [-0.15, -0.1) is 11.3 Å². The third kappa shape index (κ3) is 4.90. The maximum absolute atomic E-state index is 12.0. The van der Waals surface area contributed by atoms with Crippen LogP contribution in [0.4, 0.5) is 0 Å². The minimum atomic E-state index is -3.37. The maximum atomic E-state index is 12.0. The van der Waals surface area contributed by atoms with Crippen molar-refractivity contribution in [2.45, 2.75) is 30.5 Å². The van der Waals surface area contributed by atoms with Crippen molar-refractivity contribution in [2.75, 3.05) is 11.5 Å². The first-order chi connectivity index (χ1) is 7.97. The zero-order chi connectivity index (χ0) is 12.9. The van der Waals surface area contributed by atoms with E-state index in [4.69, 9.17) is 0 Å². The summed E-state index contributed by atoms with van der Waals surface area (Å²) in [5, 5.41) is 1.76. The molecule has 1 rings (SSSR count). The van der Waals surface area contributed by atoms with Crippen molar-refractivity contribution in [1.82, 2.24) is 4.72 Å². The Bertz CT molecular complexity index is 444. The Balaban J connectivity index is 2.58. The van der Waals surface area contributed by atoms with Crippen LogP contribution in [0.2, 0.25) is 0 Å². The van der Waals surface area contributed by atoms with Gasteiger partial charge in [-0.25, -0.2) is 13.1 Å². The largest absolute Gasteiger partial charge is 0.251 e. The van der Waals surface area contributed by atoms with Crippen LogP contribution < -0.4 is 4.72 Å². The number of hydrogen-bond acceptors (Lipinski definition) is 4. The zero-order valence-electron chi connectivity index (χ0n) is 9.77. The van der Waals surface area contributed by atoms with Crippen molar-refractivity contribution >= 4 is 49.1 Å². The van der Waals surface area contributed by atoms with Gasteiger partial charge in [0.1, 0.15) is 4.21 Å². The predicted molar refractivity (Wildman–Crippen MR) is 79.4 cm³/mol. The molecule has 0 amide bonds. The first-order valence-electron chi connectivity index (χ1n) is 5.30. The van der Waals surface area contributed by atoms with Crippen LogP contribution in [0.3, 0.4) is 0 Å². The third-order valence-electron chi connectivity index (χ3n) is 2.08. The number of nitrogens with one attached hydrogen (secondary N) is 1. The van der Waals surface area contributed by atoms with E-state index in [9.17, 15) is 8.42 Å². The maximum Gasteiger partial charge on any atom is 0.251 e. The van der Waals surface area contributed by atoms with Gasteiger partial charge in [-0.1, -0.05) is 6.92 Å². The molecule has 0 saturated carbocycles. The Labute approximate surface area is 120 Å². The topological polar surface area (TPSA) is 46.2 Å². The van der Waals surface area contributed by atoms with E-state index in [1.807, 2.05) is 18.7 Å². The van der Waals surface area contributed by atoms with E-state index in [0.29, 0.717) is 8.68 Å². The van der Waals surface area contributed by atoms with Crippen LogP contribution in [-0.4, -0.2) is 26.0 Å². The smallest absolute Gasteiger partial charge is 0.208 e. The molecule has 0 aliphatic rings. The number of thiophene rings is 1. The molecule has 0 aromatic carbocycles. The zero-order valence-corrected chi connectivity index (χ0v) is 13.8. The lowest BCUT2D eigenvalue weighted by molar-refractivity contribution is 0.558. The van der Waals surface area contributed by atoms with Crippen LogP contribution in [0, 0.1) is 0 Å². The van der Waals surface area contributed by atoms with Gasteiger partial charge in [0.05, 0.1) is 0 Å². The minimum absolute atomic E-state index is 0.0342. The SMILES string of the molecule is CCSCCC(C)NS(=O)(=O)c1sccc1Br. The van der Waals surface area contributed by atoms with Crippen LogP contribution in [0.1, 0.15) is 20.3 Å². The summed E-state index contributed by atoms with van der Waals surface area (Å²) in [4.78, 5) is 0. The van der Waals surface area contributed by atoms with Gasteiger partial charge in [-0.2, -0.15) is 11.8 Å². The Morgan fingerprint density at radius 2 is 2.29 bits per heavy atom. The molecule has 98 valence electrons. The number of rotatable bonds is 7. The van der Waals surface area contributed by atoms with E-state index in [2.05, 4.69) is 27.6 Å². The van der Waals surface area contributed by atoms with Crippen molar-refractivity contribution in [3.05, 3.63) is 15.9 Å². The van der Waals surface area contributed by atoms with Gasteiger partial charge in [0, 0.05) is 10.5 Å². The molecule has 1 unspecified atom stereocenters. The fraction of sp³-hybridized carbons (Fsp3) is 0.600. The molecule has 0 radical (unpaired) electrons. The molecule has 0 fully saturated rings. The Morgan fingerprint density at radius 3 is 2.82 bits per heavy atom. The van der Waals surface area contributed by atoms with Crippen LogP contribution in [0.25, 0.3) is 0 Å². The summed E-state index contributed by atoms with van der Waals surface area (Å²) in [6, 6.07) is 1.71. The molecule has 3 nitrogen and oxygen atoms in total. The molecule has 0 saturated heterocycles. The fourth-order valence-electron chi connectivity index (χ4n) is 1.25. The summed E-state index contributed by atoms with van der Waals surface area (Å²) in [7, 11) is -3.37. The lowest BCUT2D eigenvalue weighted by Gasteiger charge is -2.13. The van der Waals surface area contributed by atoms with Gasteiger partial charge in [0.25, 0.3) is 10.0 Å². The van der Waals surface area contributed by atoms with Gasteiger partial charge >= 0.3 is 0 Å². The molecule has 1 heterocycles. The van der Waals surface area contributed by atoms with Crippen molar-refractivity contribution in [3.8, 4) is 0 Å². The van der Waals surface area contributed by atoms with Gasteiger partial charge in [-0.3, -0.25) is 0 Å². The highest BCUT2D eigenvalue weighted by Gasteiger charge is 2.21. The molecule has 1 N–H and O–H groups in total. The summed E-state index contributed by atoms with van der Waals surface area (Å²) in [5.41, 5.74) is 0. The first kappa shape index (κ1) is 15.5. The van der Waals surface area contributed by atoms with E-state index in [1.165, 1.54) is 11.3 Å². The molecule has 0 aliphatic carbocycles. The van der Waals surface area contributed by atoms with Gasteiger partial charge < -0.3 is 0 Å². The standard InChI is InChI=1S/C10H16BrNO2S3/c1-3-15-6-4-8(2)12-17(13,14)10-9(11)5-7-16-10/h5,7-8,12H,3-4,6H2,1-2H3. The van der Waals surface area contributed by atoms with Crippen molar-refractivity contribution in [2.24, 2.45) is 0 Å². The summed E-state index contributed by atoms with van der Waals surface area (Å²) in [5.74, 6) is 2.04. The van der Waals surface area contributed by atoms with Crippen LogP contribution in [-0.2, 0) is 10.0 Å². The lowest BCUT2D eigenvalue weighted by Crippen LogP contribution is -2.32. The summed E-state index contributed by atoms with van der Waals surface area (Å²) < 4.78 is 27.7. The van der Waals surface area contributed by atoms with Crippen LogP contribution in [0.5, 0.6) is 0 Å². The van der Waals surface area contributed by atoms with E-state index in [1.54, 1.807) is 11.4 Å². The summed E-state index contributed by atoms with van der Waals surface area (Å²) in [6.07, 6.45) is 0.848. The fourth-order valence-corrected chi connectivity index (χ4v) is 5.69. The Morgan fingerprint density at radius 1 is 1.59 bits per heavy atom. The second-order valence-electron chi connectivity index (χ2n) is 3.56. The molecule has 0 aliphatic heterocycles. The molecule has 17 heavy (non-hydrogen) atoms. The van der Waals surface area contributed by atoms with E-state index >= 15 is 0 Å². The molecule has 0 spiro atoms. The average molecular weight is 358 g/mol. The average Bonchev–Trinajstić information content (AvgIpc) is 2.64. The predicted octanol–water partition coefficient (Wildman–Crippen LogP) is 3.32. The molecular formula is C10H16BrNO2S3. The highest BCUT2D eigenvalue weighted by atomic mass is 79.9. The monoisotopic (exact) mass is 357 g/mol. The van der Waals surface area contributed by atoms with Gasteiger partial charge in [0.2, 0.25) is 0 Å². The van der Waals surface area contributed by atoms with E-state index in [0.717, 1.165) is 17.9 Å². The second-order valence-corrected chi connectivity index (χ2v) is 8.64. The number of thioether (sulfide) groups is 1. The Kier molecular flexibility index (Phi) is 6.50. The molecule has 0 bridgehead atoms. The number of sulfonamides is 1. The lowest BCUT2D eigenvalue weighted by atomic mass is 10.3. The highest BCUT2D eigenvalue weighted by molar-refractivity contribution is 9.10. The Hall–Kier alpha value is 0.440. The van der Waals surface area contributed by atoms with Gasteiger partial charge in [0.15, 0.2) is 0 Å². The second kappa shape index (κ2) is 7.13. The minimum Gasteiger partial charge on any atom is -0.208 e. The summed E-state index contributed by atoms with van der Waals surface area (Å²) in [6.45, 7) is 4.00. The molecule has 1 atom stereocenters. The van der Waals surface area contributed by atoms with E-state index in [-0.39, 0.29) is 6.04 Å². The van der Waals surface area contributed by atoms with Crippen LogP contribution in [0.15, 0.2) is 20.1 Å². The normalized spacial score (nSPS) is 13.8. The molecular weight excluding hydrogens is 342 g/mol. The molecule has 1 aromatic heterocycles. The van der Waals surface area contributed by atoms with Gasteiger partial charge in [-0.05, 0) is 52.2 Å². The van der Waals surface area contributed by atoms with Crippen molar-refractivity contribution in [1.29, 1.82) is 0 Å². The number of hydrogen-bond donors (Lipinski definition) is 1. The first-order valence-corrected chi connectivity index (χ1v) is 9.61. The van der Waals surface area contributed by atoms with E-state index < -0.39 is 10.0 Å². The van der Waals surface area contributed by atoms with Crippen molar-refractivity contribution < 1.29 is 8.42 Å². The third-order valence-corrected chi connectivity index (χ3v) is 7.28. The molecule has 7 heteroatoms. The highest BCUT2D eigenvalue weighted by Crippen LogP contribution is 2.27. The van der Waals surface area contributed by atoms with Crippen LogP contribution >= 0.6 is 39.0 Å².